The van der Waals surface area contributed by atoms with Crippen molar-refractivity contribution in [3.63, 3.8) is 0 Å². The minimum absolute atomic E-state index is 0.108. The fourth-order valence-corrected chi connectivity index (χ4v) is 11.1. The van der Waals surface area contributed by atoms with Gasteiger partial charge in [0.1, 0.15) is 164 Å². The highest BCUT2D eigenvalue weighted by Crippen LogP contribution is 2.49. The predicted octanol–water partition coefficient (Wildman–Crippen LogP) is -6.80. The normalized spacial score (nSPS) is 36.2. The molecule has 0 aromatic heterocycles. The number of ether oxygens (including phenoxy) is 13. The Hall–Kier alpha value is -7.68. The Labute approximate surface area is 558 Å². The Bertz CT molecular complexity index is 3310. The van der Waals surface area contributed by atoms with Crippen LogP contribution in [0, 0.1) is 0 Å². The van der Waals surface area contributed by atoms with Crippen LogP contribution in [0.2, 0.25) is 0 Å². The van der Waals surface area contributed by atoms with Crippen LogP contribution in [-0.2, 0) is 47.5 Å². The second-order valence-corrected chi connectivity index (χ2v) is 23.6. The maximum atomic E-state index is 13.1. The molecular formula is C63H75O36+. The molecule has 26 unspecified atom stereocenters. The molecule has 26 atom stereocenters. The maximum Gasteiger partial charge on any atom is 0.330 e. The largest absolute Gasteiger partial charge is 0.571 e. The zero-order valence-electron chi connectivity index (χ0n) is 51.4. The molecule has 99 heavy (non-hydrogen) atoms. The van der Waals surface area contributed by atoms with Crippen molar-refractivity contribution in [3.05, 3.63) is 113 Å². The van der Waals surface area contributed by atoms with Crippen molar-refractivity contribution in [1.29, 1.82) is 0 Å². The van der Waals surface area contributed by atoms with E-state index in [1.807, 2.05) is 0 Å². The first-order valence-corrected chi connectivity index (χ1v) is 30.6. The number of benzene rings is 4. The number of hydrogen-bond acceptors (Lipinski definition) is 35. The summed E-state index contributed by atoms with van der Waals surface area (Å²) in [6, 6.07) is 15.4. The van der Waals surface area contributed by atoms with Gasteiger partial charge < -0.3 is 169 Å². The van der Waals surface area contributed by atoms with Crippen molar-refractivity contribution in [2.24, 2.45) is 0 Å². The molecule has 36 heteroatoms. The van der Waals surface area contributed by atoms with E-state index in [9.17, 15) is 117 Å². The lowest BCUT2D eigenvalue weighted by atomic mass is 9.98. The fraction of sp³-hybridized carbons (Fsp3) is 0.492. The summed E-state index contributed by atoms with van der Waals surface area (Å²) >= 11 is 0. The lowest BCUT2D eigenvalue weighted by Crippen LogP contribution is -2.60. The molecule has 0 saturated carbocycles. The van der Waals surface area contributed by atoms with Crippen LogP contribution in [-0.4, -0.2) is 310 Å². The number of phenolic OH excluding ortho intramolecular Hbond substituents is 3. The van der Waals surface area contributed by atoms with Gasteiger partial charge in [-0.15, -0.1) is 0 Å². The Morgan fingerprint density at radius 1 is 0.414 bits per heavy atom. The molecule has 0 aliphatic carbocycles. The Balaban J connectivity index is 0.875. The smallest absolute Gasteiger partial charge is 0.330 e. The Morgan fingerprint density at radius 3 is 1.13 bits per heavy atom. The number of fused-ring (bicyclic) bond motifs is 1. The monoisotopic (exact) mass is 1410 g/mol. The minimum atomic E-state index is -2.21. The average Bonchev–Trinajstić information content (AvgIpc) is 0.763. The molecule has 542 valence electrons. The number of carbonyl (C=O) groups excluding carboxylic acids is 2. The molecule has 0 spiro atoms. The molecule has 5 fully saturated rings. The van der Waals surface area contributed by atoms with Crippen molar-refractivity contribution in [2.45, 2.75) is 160 Å². The van der Waals surface area contributed by atoms with Crippen molar-refractivity contribution in [2.75, 3.05) is 33.0 Å². The van der Waals surface area contributed by atoms with E-state index >= 15 is 0 Å². The third-order valence-electron chi connectivity index (χ3n) is 16.8. The molecule has 36 nitrogen and oxygen atoms in total. The van der Waals surface area contributed by atoms with Crippen LogP contribution in [0.25, 0.3) is 18.2 Å². The number of rotatable bonds is 22. The zero-order chi connectivity index (χ0) is 71.4. The topological polar surface area (TPSA) is 583 Å². The molecular weight excluding hydrogens is 1330 g/mol. The van der Waals surface area contributed by atoms with Gasteiger partial charge in [-0.25, -0.2) is 9.59 Å². The van der Waals surface area contributed by atoms with Crippen LogP contribution in [0.1, 0.15) is 28.4 Å². The first-order valence-electron chi connectivity index (χ1n) is 30.6. The minimum Gasteiger partial charge on any atom is -0.571 e. The summed E-state index contributed by atoms with van der Waals surface area (Å²) in [5, 5.41) is 223. The van der Waals surface area contributed by atoms with Gasteiger partial charge in [0.05, 0.1) is 31.5 Å². The third-order valence-corrected chi connectivity index (χ3v) is 16.8. The molecule has 0 bridgehead atoms. The summed E-state index contributed by atoms with van der Waals surface area (Å²) in [6.45, 7) is -3.96. The van der Waals surface area contributed by atoms with Gasteiger partial charge in [-0.3, -0.25) is 0 Å². The third kappa shape index (κ3) is 16.6. The van der Waals surface area contributed by atoms with E-state index in [1.165, 1.54) is 60.7 Å². The van der Waals surface area contributed by atoms with Gasteiger partial charge in [-0.05, 0) is 59.7 Å². The highest BCUT2D eigenvalue weighted by atomic mass is 16.7. The first-order chi connectivity index (χ1) is 47.2. The Morgan fingerprint density at radius 2 is 0.758 bits per heavy atom. The second kappa shape index (κ2) is 31.9. The average molecular weight is 1410 g/mol. The SMILES string of the molecule is O=C(C=Cc1ccc(OC2OC(CO)C(O)C(O)C2O)cc1)OCC1OC(Oc2cc(C3[OH+]c4cc(O)cc(O)c4C=C3OC3OC(CO)C(O)C(O)C3O)cc(OC3OC(COC(=O)C=Cc4ccc(OC5OC(CO)C(O)C(O)C5O)cc4)C(O)C(O)C3O)c2O)C(O)C(O)C1O. The van der Waals surface area contributed by atoms with Crippen LogP contribution in [0.3, 0.4) is 0 Å². The summed E-state index contributed by atoms with van der Waals surface area (Å²) in [7, 11) is 0. The van der Waals surface area contributed by atoms with Gasteiger partial charge in [0.15, 0.2) is 17.3 Å². The van der Waals surface area contributed by atoms with Gasteiger partial charge >= 0.3 is 11.9 Å². The summed E-state index contributed by atoms with van der Waals surface area (Å²) in [4.78, 5) is 26.1. The molecule has 0 radical (unpaired) electrons. The highest BCUT2D eigenvalue weighted by Gasteiger charge is 2.51. The van der Waals surface area contributed by atoms with Crippen LogP contribution in [0.4, 0.5) is 0 Å². The fourth-order valence-electron chi connectivity index (χ4n) is 11.1. The van der Waals surface area contributed by atoms with Gasteiger partial charge in [0.25, 0.3) is 11.9 Å². The number of hydrogen-bond donors (Lipinski definition) is 21. The quantitative estimate of drug-likeness (QED) is 0.0198. The molecule has 6 aliphatic rings. The molecule has 4 aromatic carbocycles. The van der Waals surface area contributed by atoms with Crippen molar-refractivity contribution in [1.82, 2.24) is 0 Å². The highest BCUT2D eigenvalue weighted by molar-refractivity contribution is 5.87. The molecule has 22 N–H and O–H groups in total. The van der Waals surface area contributed by atoms with Crippen molar-refractivity contribution in [3.8, 4) is 46.0 Å². The molecule has 4 aromatic rings. The van der Waals surface area contributed by atoms with Crippen LogP contribution in [0.5, 0.6) is 46.0 Å². The number of esters is 2. The summed E-state index contributed by atoms with van der Waals surface area (Å²) in [6.07, 6.45) is -41.3. The lowest BCUT2D eigenvalue weighted by Gasteiger charge is -2.41. The summed E-state index contributed by atoms with van der Waals surface area (Å²) in [5.74, 6) is -6.15. The van der Waals surface area contributed by atoms with Gasteiger partial charge in [-0.2, -0.15) is 0 Å². The van der Waals surface area contributed by atoms with E-state index in [-0.39, 0.29) is 28.4 Å². The van der Waals surface area contributed by atoms with E-state index < -0.39 is 239 Å². The molecule has 6 aliphatic heterocycles. The molecule has 6 heterocycles. The second-order valence-electron chi connectivity index (χ2n) is 23.6. The maximum absolute atomic E-state index is 13.1. The lowest BCUT2D eigenvalue weighted by molar-refractivity contribution is -0.295. The molecule has 10 rings (SSSR count). The number of phenols is 3. The van der Waals surface area contributed by atoms with E-state index in [4.69, 9.17) is 56.8 Å². The number of carbonyl (C=O) groups is 2. The Kier molecular flexibility index (Phi) is 23.8. The standard InChI is InChI=1S/C63H74O36/c64-18-35-43(72)48(77)53(82)59(95-35)89-27-7-1-23(2-8-27)5-11-40(69)87-21-38-46(75)51(80)56(85)61(98-38)92-32-13-25(58-34(17-29-30(68)15-26(67)16-31(29)91-58)94-63-55(84)50(79)45(74)37(20-66)97-63)14-33(42(32)71)93-62-57(86)52(81)47(76)39(99-62)22-88-41(70)12-6-24-3-9-28(10-4-24)90-60-54(83)49(78)44(73)36(19-65)96-60/h1-17,35-39,43-68,71-86H,18-22H2/p+1. The van der Waals surface area contributed by atoms with Gasteiger partial charge in [0, 0.05) is 24.3 Å². The van der Waals surface area contributed by atoms with E-state index in [0.29, 0.717) is 11.1 Å². The number of aliphatic hydroxyl groups excluding tert-OH is 18. The van der Waals surface area contributed by atoms with Crippen molar-refractivity contribution >= 4 is 30.2 Å². The van der Waals surface area contributed by atoms with Gasteiger partial charge in [-0.1, -0.05) is 24.3 Å². The summed E-state index contributed by atoms with van der Waals surface area (Å²) in [5.41, 5.74) is 0.388. The number of aliphatic hydroxyl groups is 19. The number of aromatic hydroxyl groups is 4. The van der Waals surface area contributed by atoms with Crippen molar-refractivity contribution < 1.29 is 178 Å². The van der Waals surface area contributed by atoms with E-state index in [0.717, 1.165) is 42.5 Å². The van der Waals surface area contributed by atoms with E-state index in [1.54, 1.807) is 0 Å². The zero-order valence-corrected chi connectivity index (χ0v) is 51.4. The van der Waals surface area contributed by atoms with Gasteiger partial charge in [0.2, 0.25) is 37.2 Å². The van der Waals surface area contributed by atoms with E-state index in [2.05, 4.69) is 4.74 Å². The first kappa shape index (κ1) is 74.0. The van der Waals surface area contributed by atoms with Crippen LogP contribution in [0.15, 0.2) is 90.7 Å². The van der Waals surface area contributed by atoms with Crippen LogP contribution < -0.4 is 18.9 Å². The van der Waals surface area contributed by atoms with Crippen LogP contribution >= 0.6 is 0 Å². The molecule has 5 saturated heterocycles. The summed E-state index contributed by atoms with van der Waals surface area (Å²) < 4.78 is 72.4. The molecule has 0 amide bonds. The predicted molar refractivity (Wildman–Crippen MR) is 321 cm³/mol.